The number of carboxylic acid groups (broad SMARTS) is 1. The van der Waals surface area contributed by atoms with Crippen LogP contribution in [0.3, 0.4) is 0 Å². The molecular formula is C27H38N2O4. The molecular weight excluding hydrogens is 416 g/mol. The standard InChI is InChI=1S/C27H38N2O4/c1-4-6-7-8-9-17-28-27(32)29(3)24-12-10-11-23(20-24)22-15-13-21(14-16-22)19-25(26(30)31)33-18-5-2/h10-16,20,25H,4-9,17-19H2,1-3H3,(H,28,32)(H,30,31)/t25-/m0/s1. The second kappa shape index (κ2) is 14.3. The van der Waals surface area contributed by atoms with Crippen molar-refractivity contribution in [1.29, 1.82) is 0 Å². The van der Waals surface area contributed by atoms with Crippen molar-refractivity contribution in [2.24, 2.45) is 0 Å². The van der Waals surface area contributed by atoms with E-state index in [1.807, 2.05) is 55.5 Å². The number of anilines is 1. The van der Waals surface area contributed by atoms with E-state index >= 15 is 0 Å². The second-order valence-electron chi connectivity index (χ2n) is 8.35. The van der Waals surface area contributed by atoms with Gasteiger partial charge in [0, 0.05) is 32.3 Å². The number of ether oxygens (including phenoxy) is 1. The maximum Gasteiger partial charge on any atom is 0.333 e. The highest BCUT2D eigenvalue weighted by Gasteiger charge is 2.18. The number of urea groups is 1. The average Bonchev–Trinajstić information content (AvgIpc) is 2.83. The summed E-state index contributed by atoms with van der Waals surface area (Å²) in [6.45, 7) is 5.27. The number of unbranched alkanes of at least 4 members (excludes halogenated alkanes) is 4. The highest BCUT2D eigenvalue weighted by Crippen LogP contribution is 2.25. The molecule has 2 N–H and O–H groups in total. The first-order chi connectivity index (χ1) is 16.0. The molecule has 0 spiro atoms. The van der Waals surface area contributed by atoms with Gasteiger partial charge in [-0.2, -0.15) is 0 Å². The van der Waals surface area contributed by atoms with Crippen molar-refractivity contribution in [2.45, 2.75) is 64.9 Å². The molecule has 6 nitrogen and oxygen atoms in total. The first kappa shape index (κ1) is 26.4. The summed E-state index contributed by atoms with van der Waals surface area (Å²) in [7, 11) is 1.77. The van der Waals surface area contributed by atoms with E-state index in [-0.39, 0.29) is 6.03 Å². The van der Waals surface area contributed by atoms with Gasteiger partial charge in [0.15, 0.2) is 6.10 Å². The van der Waals surface area contributed by atoms with E-state index in [4.69, 9.17) is 4.74 Å². The first-order valence-corrected chi connectivity index (χ1v) is 12.0. The number of hydrogen-bond acceptors (Lipinski definition) is 3. The van der Waals surface area contributed by atoms with Gasteiger partial charge < -0.3 is 15.2 Å². The SMILES string of the molecule is CCCCCCCNC(=O)N(C)c1cccc(-c2ccc(C[C@H](OCCC)C(=O)O)cc2)c1. The van der Waals surface area contributed by atoms with Crippen molar-refractivity contribution < 1.29 is 19.4 Å². The fraction of sp³-hybridized carbons (Fsp3) is 0.481. The maximum absolute atomic E-state index is 12.5. The number of hydrogen-bond donors (Lipinski definition) is 2. The summed E-state index contributed by atoms with van der Waals surface area (Å²) < 4.78 is 5.45. The average molecular weight is 455 g/mol. The summed E-state index contributed by atoms with van der Waals surface area (Å²) in [6, 6.07) is 15.6. The maximum atomic E-state index is 12.5. The Labute approximate surface area is 198 Å². The molecule has 2 rings (SSSR count). The zero-order valence-corrected chi connectivity index (χ0v) is 20.2. The summed E-state index contributed by atoms with van der Waals surface area (Å²) in [6.07, 6.45) is 6.09. The molecule has 0 aliphatic rings. The topological polar surface area (TPSA) is 78.9 Å². The van der Waals surface area contributed by atoms with Gasteiger partial charge in [-0.25, -0.2) is 9.59 Å². The van der Waals surface area contributed by atoms with Gasteiger partial charge in [-0.3, -0.25) is 4.90 Å². The Morgan fingerprint density at radius 3 is 2.36 bits per heavy atom. The van der Waals surface area contributed by atoms with Gasteiger partial charge in [0.2, 0.25) is 0 Å². The molecule has 0 bridgehead atoms. The number of carbonyl (C=O) groups is 2. The first-order valence-electron chi connectivity index (χ1n) is 12.0. The van der Waals surface area contributed by atoms with E-state index < -0.39 is 12.1 Å². The molecule has 2 aromatic rings. The lowest BCUT2D eigenvalue weighted by Crippen LogP contribution is -2.37. The highest BCUT2D eigenvalue weighted by atomic mass is 16.5. The number of amides is 2. The summed E-state index contributed by atoms with van der Waals surface area (Å²) >= 11 is 0. The third-order valence-electron chi connectivity index (χ3n) is 5.60. The van der Waals surface area contributed by atoms with Crippen molar-refractivity contribution >= 4 is 17.7 Å². The fourth-order valence-corrected chi connectivity index (χ4v) is 3.58. The number of carboxylic acids is 1. The molecule has 180 valence electrons. The summed E-state index contributed by atoms with van der Waals surface area (Å²) in [4.78, 5) is 25.6. The van der Waals surface area contributed by atoms with E-state index in [1.54, 1.807) is 11.9 Å². The van der Waals surface area contributed by atoms with Crippen LogP contribution in [0.15, 0.2) is 48.5 Å². The largest absolute Gasteiger partial charge is 0.479 e. The molecule has 0 aliphatic carbocycles. The molecule has 0 aliphatic heterocycles. The zero-order chi connectivity index (χ0) is 24.1. The number of nitrogens with zero attached hydrogens (tertiary/aromatic N) is 1. The van der Waals surface area contributed by atoms with Crippen LogP contribution in [-0.2, 0) is 16.0 Å². The molecule has 6 heteroatoms. The second-order valence-corrected chi connectivity index (χ2v) is 8.35. The van der Waals surface area contributed by atoms with Gasteiger partial charge in [0.05, 0.1) is 0 Å². The van der Waals surface area contributed by atoms with Crippen molar-refractivity contribution in [2.75, 3.05) is 25.1 Å². The monoisotopic (exact) mass is 454 g/mol. The van der Waals surface area contributed by atoms with Crippen LogP contribution in [0.1, 0.15) is 57.9 Å². The van der Waals surface area contributed by atoms with Gasteiger partial charge in [-0.1, -0.05) is 75.9 Å². The third-order valence-corrected chi connectivity index (χ3v) is 5.60. The summed E-state index contributed by atoms with van der Waals surface area (Å²) in [5.41, 5.74) is 3.73. The lowest BCUT2D eigenvalue weighted by atomic mass is 10.0. The molecule has 0 unspecified atom stereocenters. The van der Waals surface area contributed by atoms with E-state index in [1.165, 1.54) is 19.3 Å². The molecule has 0 saturated carbocycles. The predicted molar refractivity (Wildman–Crippen MR) is 134 cm³/mol. The van der Waals surface area contributed by atoms with Crippen LogP contribution in [0.25, 0.3) is 11.1 Å². The van der Waals surface area contributed by atoms with E-state index in [9.17, 15) is 14.7 Å². The van der Waals surface area contributed by atoms with Crippen LogP contribution in [0, 0.1) is 0 Å². The van der Waals surface area contributed by atoms with Crippen LogP contribution in [0.5, 0.6) is 0 Å². The van der Waals surface area contributed by atoms with Gasteiger partial charge >= 0.3 is 12.0 Å². The normalized spacial score (nSPS) is 11.7. The fourth-order valence-electron chi connectivity index (χ4n) is 3.58. The van der Waals surface area contributed by atoms with E-state index in [2.05, 4.69) is 12.2 Å². The zero-order valence-electron chi connectivity index (χ0n) is 20.2. The van der Waals surface area contributed by atoms with Gasteiger partial charge in [0.25, 0.3) is 0 Å². The number of nitrogens with one attached hydrogen (secondary N) is 1. The molecule has 0 fully saturated rings. The van der Waals surface area contributed by atoms with E-state index in [0.29, 0.717) is 19.6 Å². The Balaban J connectivity index is 1.97. The lowest BCUT2D eigenvalue weighted by Gasteiger charge is -2.19. The van der Waals surface area contributed by atoms with Gasteiger partial charge in [0.1, 0.15) is 0 Å². The Kier molecular flexibility index (Phi) is 11.5. The van der Waals surface area contributed by atoms with Crippen LogP contribution in [0.2, 0.25) is 0 Å². The van der Waals surface area contributed by atoms with Gasteiger partial charge in [-0.15, -0.1) is 0 Å². The predicted octanol–water partition coefficient (Wildman–Crippen LogP) is 5.89. The Morgan fingerprint density at radius 1 is 0.970 bits per heavy atom. The van der Waals surface area contributed by atoms with Crippen LogP contribution in [-0.4, -0.2) is 43.4 Å². The highest BCUT2D eigenvalue weighted by molar-refractivity contribution is 5.92. The lowest BCUT2D eigenvalue weighted by molar-refractivity contribution is -0.150. The van der Waals surface area contributed by atoms with Crippen LogP contribution < -0.4 is 10.2 Å². The molecule has 2 aromatic carbocycles. The number of rotatable bonds is 14. The Hall–Kier alpha value is -2.86. The number of aliphatic carboxylic acids is 1. The Bertz CT molecular complexity index is 867. The quantitative estimate of drug-likeness (QED) is 0.349. The molecule has 0 saturated heterocycles. The third kappa shape index (κ3) is 8.89. The minimum Gasteiger partial charge on any atom is -0.479 e. The number of carbonyl (C=O) groups excluding carboxylic acids is 1. The molecule has 0 radical (unpaired) electrons. The Morgan fingerprint density at radius 2 is 1.70 bits per heavy atom. The molecule has 1 atom stereocenters. The minimum absolute atomic E-state index is 0.107. The molecule has 33 heavy (non-hydrogen) atoms. The van der Waals surface area contributed by atoms with Crippen LogP contribution >= 0.6 is 0 Å². The van der Waals surface area contributed by atoms with Crippen molar-refractivity contribution in [3.8, 4) is 11.1 Å². The summed E-state index contributed by atoms with van der Waals surface area (Å²) in [5, 5.41) is 12.4. The molecule has 2 amide bonds. The van der Waals surface area contributed by atoms with Crippen molar-refractivity contribution in [1.82, 2.24) is 5.32 Å². The summed E-state index contributed by atoms with van der Waals surface area (Å²) in [5.74, 6) is -0.942. The van der Waals surface area contributed by atoms with Crippen molar-refractivity contribution in [3.63, 3.8) is 0 Å². The molecule has 0 heterocycles. The molecule has 0 aromatic heterocycles. The van der Waals surface area contributed by atoms with Gasteiger partial charge in [-0.05, 0) is 41.7 Å². The number of benzene rings is 2. The smallest absolute Gasteiger partial charge is 0.333 e. The van der Waals surface area contributed by atoms with Crippen LogP contribution in [0.4, 0.5) is 10.5 Å². The van der Waals surface area contributed by atoms with E-state index in [0.717, 1.165) is 41.6 Å². The minimum atomic E-state index is -0.942. The van der Waals surface area contributed by atoms with Crippen molar-refractivity contribution in [3.05, 3.63) is 54.1 Å².